The number of hydrogen-bond donors (Lipinski definition) is 2. The summed E-state index contributed by atoms with van der Waals surface area (Å²) >= 11 is 1.51. The largest absolute Gasteiger partial charge is 0.417 e. The Morgan fingerprint density at radius 1 is 0.919 bits per heavy atom. The van der Waals surface area contributed by atoms with E-state index >= 15 is 0 Å². The molecule has 1 unspecified atom stereocenters. The molecule has 37 heavy (non-hydrogen) atoms. The van der Waals surface area contributed by atoms with Crippen molar-refractivity contribution < 1.29 is 49.1 Å². The van der Waals surface area contributed by atoms with Crippen LogP contribution in [0.2, 0.25) is 0 Å². The van der Waals surface area contributed by atoms with Gasteiger partial charge in [-0.3, -0.25) is 9.59 Å². The lowest BCUT2D eigenvalue weighted by Crippen LogP contribution is -2.44. The Bertz CT molecular complexity index is 1190. The van der Waals surface area contributed by atoms with E-state index in [1.165, 1.54) is 17.1 Å². The van der Waals surface area contributed by atoms with E-state index < -0.39 is 58.6 Å². The van der Waals surface area contributed by atoms with Crippen LogP contribution in [0.4, 0.5) is 39.5 Å². The number of carbonyl (C=O) groups is 2. The first kappa shape index (κ1) is 28.4. The van der Waals surface area contributed by atoms with Crippen molar-refractivity contribution in [2.24, 2.45) is 0 Å². The van der Waals surface area contributed by atoms with Crippen LogP contribution in [0.5, 0.6) is 0 Å². The zero-order valence-electron chi connectivity index (χ0n) is 18.4. The minimum absolute atomic E-state index is 0.240. The van der Waals surface area contributed by atoms with Crippen LogP contribution in [0, 0.1) is 0 Å². The normalized spacial score (nSPS) is 15.8. The van der Waals surface area contributed by atoms with Gasteiger partial charge in [-0.2, -0.15) is 51.3 Å². The van der Waals surface area contributed by atoms with Crippen LogP contribution >= 0.6 is 11.8 Å². The van der Waals surface area contributed by atoms with Crippen LogP contribution < -0.4 is 10.6 Å². The van der Waals surface area contributed by atoms with E-state index in [0.717, 1.165) is 30.3 Å². The van der Waals surface area contributed by atoms with Crippen LogP contribution in [-0.4, -0.2) is 35.5 Å². The van der Waals surface area contributed by atoms with Crippen LogP contribution in [0.25, 0.3) is 6.08 Å². The third-order valence-corrected chi connectivity index (χ3v) is 6.43. The van der Waals surface area contributed by atoms with Crippen molar-refractivity contribution >= 4 is 29.7 Å². The lowest BCUT2D eigenvalue weighted by Gasteiger charge is -2.26. The summed E-state index contributed by atoms with van der Waals surface area (Å²) in [5, 5.41) is 3.99. The third kappa shape index (κ3) is 7.43. The standard InChI is InChI=1S/C23H17F9N2O2S/c24-21(25,26)14-3-1-2-13(9-14)19(23(30,31)32)34-18(35)7-5-12-4-6-16(17(8-12)22(27,28)29)20(36)33-15-10-37-11-15/h1-9,15,19H,10-11H2,(H,33,36)(H,34,35). The number of rotatable bonds is 6. The topological polar surface area (TPSA) is 58.2 Å². The molecule has 2 N–H and O–H groups in total. The molecule has 2 aromatic rings. The molecule has 1 atom stereocenters. The molecule has 0 saturated carbocycles. The van der Waals surface area contributed by atoms with Crippen molar-refractivity contribution in [2.45, 2.75) is 30.6 Å². The molecule has 1 saturated heterocycles. The van der Waals surface area contributed by atoms with Crippen LogP contribution in [0.1, 0.15) is 38.7 Å². The molecule has 14 heteroatoms. The Labute approximate surface area is 208 Å². The second-order valence-electron chi connectivity index (χ2n) is 7.95. The number of halogens is 9. The SMILES string of the molecule is O=C(C=Cc1ccc(C(=O)NC2CSC2)c(C(F)(F)F)c1)NC(c1cccc(C(F)(F)F)c1)C(F)(F)F. The summed E-state index contributed by atoms with van der Waals surface area (Å²) in [5.41, 5.74) is -4.46. The van der Waals surface area contributed by atoms with Gasteiger partial charge in [-0.1, -0.05) is 18.2 Å². The highest BCUT2D eigenvalue weighted by Crippen LogP contribution is 2.37. The second kappa shape index (κ2) is 10.7. The van der Waals surface area contributed by atoms with Gasteiger partial charge in [-0.05, 0) is 41.5 Å². The van der Waals surface area contributed by atoms with Crippen molar-refractivity contribution in [1.82, 2.24) is 10.6 Å². The fraction of sp³-hybridized carbons (Fsp3) is 0.304. The number of alkyl halides is 9. The number of benzene rings is 2. The predicted molar refractivity (Wildman–Crippen MR) is 117 cm³/mol. The summed E-state index contributed by atoms with van der Waals surface area (Å²) in [6.07, 6.45) is -13.8. The maximum absolute atomic E-state index is 13.5. The first-order chi connectivity index (χ1) is 17.1. The van der Waals surface area contributed by atoms with Gasteiger partial charge in [0.2, 0.25) is 5.91 Å². The fourth-order valence-electron chi connectivity index (χ4n) is 3.29. The molecule has 2 aromatic carbocycles. The Morgan fingerprint density at radius 3 is 2.14 bits per heavy atom. The number of amides is 2. The van der Waals surface area contributed by atoms with Gasteiger partial charge in [0.25, 0.3) is 5.91 Å². The highest BCUT2D eigenvalue weighted by atomic mass is 32.2. The van der Waals surface area contributed by atoms with Crippen LogP contribution in [0.15, 0.2) is 48.5 Å². The van der Waals surface area contributed by atoms with Gasteiger partial charge in [0.15, 0.2) is 6.04 Å². The number of thioether (sulfide) groups is 1. The lowest BCUT2D eigenvalue weighted by molar-refractivity contribution is -0.162. The lowest BCUT2D eigenvalue weighted by atomic mass is 10.0. The van der Waals surface area contributed by atoms with E-state index in [4.69, 9.17) is 0 Å². The Balaban J connectivity index is 1.81. The van der Waals surface area contributed by atoms with E-state index in [9.17, 15) is 49.1 Å². The molecule has 200 valence electrons. The van der Waals surface area contributed by atoms with Crippen molar-refractivity contribution in [3.63, 3.8) is 0 Å². The molecule has 4 nitrogen and oxygen atoms in total. The molecule has 0 aliphatic carbocycles. The maximum atomic E-state index is 13.5. The molecule has 2 amide bonds. The molecule has 0 radical (unpaired) electrons. The van der Waals surface area contributed by atoms with E-state index in [0.29, 0.717) is 29.7 Å². The van der Waals surface area contributed by atoms with Gasteiger partial charge in [0.05, 0.1) is 16.7 Å². The van der Waals surface area contributed by atoms with Crippen molar-refractivity contribution in [3.05, 3.63) is 76.4 Å². The predicted octanol–water partition coefficient (Wildman–Crippen LogP) is 6.00. The zero-order chi connectivity index (χ0) is 27.6. The molecule has 3 rings (SSSR count). The van der Waals surface area contributed by atoms with Gasteiger partial charge < -0.3 is 10.6 Å². The minimum atomic E-state index is -5.18. The minimum Gasteiger partial charge on any atom is -0.348 e. The number of carbonyl (C=O) groups excluding carboxylic acids is 2. The summed E-state index contributed by atoms with van der Waals surface area (Å²) in [7, 11) is 0. The second-order valence-corrected chi connectivity index (χ2v) is 9.03. The molecule has 0 spiro atoms. The molecule has 0 bridgehead atoms. The molecule has 1 aliphatic heterocycles. The zero-order valence-corrected chi connectivity index (χ0v) is 19.2. The van der Waals surface area contributed by atoms with E-state index in [2.05, 4.69) is 5.32 Å². The Hall–Kier alpha value is -3.16. The van der Waals surface area contributed by atoms with E-state index in [1.807, 2.05) is 0 Å². The molecule has 1 heterocycles. The molecule has 1 fully saturated rings. The van der Waals surface area contributed by atoms with Gasteiger partial charge in [0.1, 0.15) is 0 Å². The van der Waals surface area contributed by atoms with Gasteiger partial charge in [-0.15, -0.1) is 0 Å². The first-order valence-corrected chi connectivity index (χ1v) is 11.5. The monoisotopic (exact) mass is 556 g/mol. The Kier molecular flexibility index (Phi) is 8.20. The quantitative estimate of drug-likeness (QED) is 0.339. The van der Waals surface area contributed by atoms with Crippen molar-refractivity contribution in [2.75, 3.05) is 11.5 Å². The average Bonchev–Trinajstić information content (AvgIpc) is 2.76. The molecule has 0 aromatic heterocycles. The van der Waals surface area contributed by atoms with Gasteiger partial charge in [-0.25, -0.2) is 0 Å². The van der Waals surface area contributed by atoms with E-state index in [-0.39, 0.29) is 17.7 Å². The van der Waals surface area contributed by atoms with Crippen LogP contribution in [-0.2, 0) is 17.1 Å². The van der Waals surface area contributed by atoms with E-state index in [1.54, 1.807) is 0 Å². The first-order valence-electron chi connectivity index (χ1n) is 10.4. The molecular weight excluding hydrogens is 539 g/mol. The Morgan fingerprint density at radius 2 is 1.59 bits per heavy atom. The van der Waals surface area contributed by atoms with Gasteiger partial charge >= 0.3 is 18.5 Å². The molecular formula is C23H17F9N2O2S. The smallest absolute Gasteiger partial charge is 0.348 e. The summed E-state index contributed by atoms with van der Waals surface area (Å²) in [4.78, 5) is 24.4. The van der Waals surface area contributed by atoms with Crippen molar-refractivity contribution in [3.8, 4) is 0 Å². The maximum Gasteiger partial charge on any atom is 0.417 e. The highest BCUT2D eigenvalue weighted by Gasteiger charge is 2.43. The fourth-order valence-corrected chi connectivity index (χ4v) is 3.93. The molecule has 1 aliphatic rings. The van der Waals surface area contributed by atoms with Crippen molar-refractivity contribution in [1.29, 1.82) is 0 Å². The summed E-state index contributed by atoms with van der Waals surface area (Å²) in [5.74, 6) is -1.25. The van der Waals surface area contributed by atoms with Gasteiger partial charge in [0, 0.05) is 23.6 Å². The summed E-state index contributed by atoms with van der Waals surface area (Å²) in [6, 6.07) is 1.73. The summed E-state index contributed by atoms with van der Waals surface area (Å²) < 4.78 is 120. The number of hydrogen-bond acceptors (Lipinski definition) is 3. The average molecular weight is 556 g/mol. The highest BCUT2D eigenvalue weighted by molar-refractivity contribution is 8.00. The number of nitrogens with one attached hydrogen (secondary N) is 2. The summed E-state index contributed by atoms with van der Waals surface area (Å²) in [6.45, 7) is 0. The third-order valence-electron chi connectivity index (χ3n) is 5.16. The van der Waals surface area contributed by atoms with Crippen LogP contribution in [0.3, 0.4) is 0 Å².